The third-order valence-corrected chi connectivity index (χ3v) is 4.36. The molecule has 1 heterocycles. The van der Waals surface area contributed by atoms with Gasteiger partial charge in [-0.2, -0.15) is 5.26 Å². The monoisotopic (exact) mass is 350 g/mol. The van der Waals surface area contributed by atoms with Gasteiger partial charge in [-0.25, -0.2) is 4.98 Å². The lowest BCUT2D eigenvalue weighted by atomic mass is 10.1. The Hall–Kier alpha value is -1.94. The number of thiazole rings is 1. The van der Waals surface area contributed by atoms with Crippen LogP contribution in [0.4, 0.5) is 5.13 Å². The molecule has 0 saturated carbocycles. The van der Waals surface area contributed by atoms with Crippen molar-refractivity contribution >= 4 is 34.8 Å². The first-order chi connectivity index (χ1) is 10.6. The predicted octanol–water partition coefficient (Wildman–Crippen LogP) is 3.28. The Kier molecular flexibility index (Phi) is 7.69. The maximum Gasteiger partial charge on any atom is 0.257 e. The highest BCUT2D eigenvalue weighted by Crippen LogP contribution is 2.24. The van der Waals surface area contributed by atoms with E-state index in [4.69, 9.17) is 11.0 Å². The maximum absolute atomic E-state index is 12.2. The number of rotatable bonds is 6. The Morgan fingerprint density at radius 3 is 2.91 bits per heavy atom. The minimum Gasteiger partial charge on any atom is -0.330 e. The summed E-state index contributed by atoms with van der Waals surface area (Å²) in [6.45, 7) is 2.64. The highest BCUT2D eigenvalue weighted by atomic mass is 35.5. The highest BCUT2D eigenvalue weighted by molar-refractivity contribution is 7.15. The summed E-state index contributed by atoms with van der Waals surface area (Å²) in [5.41, 5.74) is 7.36. The Morgan fingerprint density at radius 2 is 2.22 bits per heavy atom. The van der Waals surface area contributed by atoms with Crippen LogP contribution < -0.4 is 11.1 Å². The van der Waals surface area contributed by atoms with E-state index in [9.17, 15) is 4.79 Å². The van der Waals surface area contributed by atoms with Gasteiger partial charge in [0.2, 0.25) is 0 Å². The van der Waals surface area contributed by atoms with Gasteiger partial charge in [-0.15, -0.1) is 23.7 Å². The van der Waals surface area contributed by atoms with Crippen LogP contribution in [0.3, 0.4) is 0 Å². The lowest BCUT2D eigenvalue weighted by molar-refractivity contribution is 0.102. The third kappa shape index (κ3) is 5.32. The van der Waals surface area contributed by atoms with E-state index < -0.39 is 0 Å². The summed E-state index contributed by atoms with van der Waals surface area (Å²) in [7, 11) is 0. The summed E-state index contributed by atoms with van der Waals surface area (Å²) in [6, 6.07) is 8.63. The largest absolute Gasteiger partial charge is 0.330 e. The van der Waals surface area contributed by atoms with Crippen LogP contribution in [0.5, 0.6) is 0 Å². The van der Waals surface area contributed by atoms with Crippen molar-refractivity contribution in [2.24, 2.45) is 5.73 Å². The van der Waals surface area contributed by atoms with Crippen LogP contribution in [0.1, 0.15) is 39.3 Å². The number of anilines is 1. The molecule has 2 aromatic rings. The second kappa shape index (κ2) is 9.26. The Labute approximate surface area is 146 Å². The average molecular weight is 351 g/mol. The van der Waals surface area contributed by atoms with Crippen molar-refractivity contribution in [1.29, 1.82) is 5.26 Å². The van der Waals surface area contributed by atoms with Crippen LogP contribution in [0.2, 0.25) is 0 Å². The fourth-order valence-corrected chi connectivity index (χ4v) is 3.04. The second-order valence-electron chi connectivity index (χ2n) is 4.92. The minimum absolute atomic E-state index is 0. The quantitative estimate of drug-likeness (QED) is 0.782. The van der Waals surface area contributed by atoms with E-state index >= 15 is 0 Å². The molecule has 1 aromatic heterocycles. The number of benzene rings is 1. The Bertz CT molecular complexity index is 708. The van der Waals surface area contributed by atoms with Gasteiger partial charge >= 0.3 is 0 Å². The predicted molar refractivity (Wildman–Crippen MR) is 95.2 cm³/mol. The number of halogens is 1. The molecule has 2 rings (SSSR count). The van der Waals surface area contributed by atoms with Crippen molar-refractivity contribution in [3.63, 3.8) is 0 Å². The van der Waals surface area contributed by atoms with E-state index in [0.717, 1.165) is 25.0 Å². The first-order valence-corrected chi connectivity index (χ1v) is 7.93. The van der Waals surface area contributed by atoms with E-state index in [1.807, 2.05) is 13.0 Å². The molecule has 0 aliphatic carbocycles. The molecule has 0 atom stereocenters. The van der Waals surface area contributed by atoms with Crippen molar-refractivity contribution in [2.45, 2.75) is 26.2 Å². The molecule has 0 bridgehead atoms. The van der Waals surface area contributed by atoms with Gasteiger partial charge in [-0.3, -0.25) is 10.1 Å². The van der Waals surface area contributed by atoms with E-state index in [1.54, 1.807) is 24.3 Å². The van der Waals surface area contributed by atoms with Crippen LogP contribution in [-0.2, 0) is 6.42 Å². The lowest BCUT2D eigenvalue weighted by Gasteiger charge is -2.01. The van der Waals surface area contributed by atoms with Crippen molar-refractivity contribution in [1.82, 2.24) is 4.98 Å². The first-order valence-electron chi connectivity index (χ1n) is 7.12. The molecule has 0 fully saturated rings. The normalized spacial score (nSPS) is 9.78. The highest BCUT2D eigenvalue weighted by Gasteiger charge is 2.12. The summed E-state index contributed by atoms with van der Waals surface area (Å²) in [5, 5.41) is 12.3. The van der Waals surface area contributed by atoms with Crippen LogP contribution in [0, 0.1) is 18.3 Å². The van der Waals surface area contributed by atoms with Crippen molar-refractivity contribution in [2.75, 3.05) is 11.9 Å². The smallest absolute Gasteiger partial charge is 0.257 e. The number of nitriles is 1. The van der Waals surface area contributed by atoms with E-state index in [-0.39, 0.29) is 18.3 Å². The number of aromatic nitrogens is 1. The number of aryl methyl sites for hydroxylation is 2. The average Bonchev–Trinajstić information content (AvgIpc) is 2.87. The molecule has 0 aliphatic rings. The molecule has 7 heteroatoms. The molecular weight excluding hydrogens is 332 g/mol. The number of nitrogens with one attached hydrogen (secondary N) is 1. The fourth-order valence-electron chi connectivity index (χ4n) is 2.04. The van der Waals surface area contributed by atoms with Crippen LogP contribution >= 0.6 is 23.7 Å². The molecule has 0 unspecified atom stereocenters. The number of unbranched alkanes of at least 4 members (excludes halogenated alkanes) is 1. The Balaban J connectivity index is 0.00000264. The minimum atomic E-state index is -0.251. The zero-order chi connectivity index (χ0) is 15.9. The number of nitrogens with two attached hydrogens (primary N) is 1. The molecule has 0 spiro atoms. The van der Waals surface area contributed by atoms with E-state index in [1.165, 1.54) is 16.2 Å². The zero-order valence-electron chi connectivity index (χ0n) is 12.8. The third-order valence-electron chi connectivity index (χ3n) is 3.22. The van der Waals surface area contributed by atoms with Crippen LogP contribution in [-0.4, -0.2) is 17.4 Å². The number of carbonyl (C=O) groups excluding carboxylic acids is 1. The molecule has 0 radical (unpaired) electrons. The molecule has 122 valence electrons. The van der Waals surface area contributed by atoms with E-state index in [2.05, 4.69) is 10.3 Å². The number of hydrogen-bond acceptors (Lipinski definition) is 5. The second-order valence-corrected chi connectivity index (χ2v) is 6.00. The number of hydrogen-bond donors (Lipinski definition) is 2. The van der Waals surface area contributed by atoms with Gasteiger partial charge in [-0.05, 0) is 50.9 Å². The summed E-state index contributed by atoms with van der Waals surface area (Å²) in [6.07, 6.45) is 2.94. The topological polar surface area (TPSA) is 91.8 Å². The summed E-state index contributed by atoms with van der Waals surface area (Å²) in [5.74, 6) is -0.251. The molecular formula is C16H19ClN4OS. The molecule has 3 N–H and O–H groups in total. The van der Waals surface area contributed by atoms with Crippen molar-refractivity contribution in [3.05, 3.63) is 46.0 Å². The maximum atomic E-state index is 12.2. The number of nitrogens with zero attached hydrogens (tertiary/aromatic N) is 2. The molecule has 5 nitrogen and oxygen atoms in total. The summed E-state index contributed by atoms with van der Waals surface area (Å²) >= 11 is 1.49. The van der Waals surface area contributed by atoms with Gasteiger partial charge < -0.3 is 5.73 Å². The summed E-state index contributed by atoms with van der Waals surface area (Å²) in [4.78, 5) is 17.8. The number of amides is 1. The lowest BCUT2D eigenvalue weighted by Crippen LogP contribution is -2.11. The zero-order valence-corrected chi connectivity index (χ0v) is 14.5. The number of carbonyl (C=O) groups is 1. The van der Waals surface area contributed by atoms with Crippen LogP contribution in [0.25, 0.3) is 0 Å². The van der Waals surface area contributed by atoms with Gasteiger partial charge in [0, 0.05) is 10.4 Å². The van der Waals surface area contributed by atoms with Gasteiger partial charge in [0.15, 0.2) is 5.13 Å². The standard InChI is InChI=1S/C16H18N4OS.ClH/c1-11-14(7-2-3-8-17)22-16(19-11)20-15(21)13-6-4-5-12(9-13)10-18;/h4-6,9H,2-3,7-8,17H2,1H3,(H,19,20,21);1H. The van der Waals surface area contributed by atoms with Crippen LogP contribution in [0.15, 0.2) is 24.3 Å². The van der Waals surface area contributed by atoms with Gasteiger partial charge in [0.25, 0.3) is 5.91 Å². The van der Waals surface area contributed by atoms with Gasteiger partial charge in [-0.1, -0.05) is 6.07 Å². The summed E-state index contributed by atoms with van der Waals surface area (Å²) < 4.78 is 0. The van der Waals surface area contributed by atoms with E-state index in [0.29, 0.717) is 22.8 Å². The van der Waals surface area contributed by atoms with Crippen molar-refractivity contribution in [3.8, 4) is 6.07 Å². The van der Waals surface area contributed by atoms with Crippen molar-refractivity contribution < 1.29 is 4.79 Å². The Morgan fingerprint density at radius 1 is 1.43 bits per heavy atom. The fraction of sp³-hybridized carbons (Fsp3) is 0.312. The SMILES string of the molecule is Cc1nc(NC(=O)c2cccc(C#N)c2)sc1CCCCN.Cl. The first kappa shape index (κ1) is 19.1. The van der Waals surface area contributed by atoms with Gasteiger partial charge in [0.1, 0.15) is 0 Å². The van der Waals surface area contributed by atoms with Gasteiger partial charge in [0.05, 0.1) is 17.3 Å². The molecule has 1 amide bonds. The molecule has 0 aliphatic heterocycles. The molecule has 0 saturated heterocycles. The molecule has 1 aromatic carbocycles. The molecule has 23 heavy (non-hydrogen) atoms.